The maximum absolute atomic E-state index is 13.3. The molecule has 1 amide bonds. The van der Waals surface area contributed by atoms with Crippen LogP contribution in [0.15, 0.2) is 24.3 Å². The average molecular weight is 314 g/mol. The highest BCUT2D eigenvalue weighted by Gasteiger charge is 2.36. The number of benzene rings is 1. The highest BCUT2D eigenvalue weighted by atomic mass is 19.1. The van der Waals surface area contributed by atoms with Crippen molar-refractivity contribution in [1.82, 2.24) is 19.7 Å². The zero-order chi connectivity index (χ0) is 16.0. The molecule has 6 heteroatoms. The van der Waals surface area contributed by atoms with Gasteiger partial charge in [0.1, 0.15) is 17.7 Å². The van der Waals surface area contributed by atoms with Crippen molar-refractivity contribution in [2.24, 2.45) is 0 Å². The minimum Gasteiger partial charge on any atom is -0.329 e. The normalized spacial score (nSPS) is 21.2. The van der Waals surface area contributed by atoms with Gasteiger partial charge >= 0.3 is 0 Å². The molecule has 1 aromatic carbocycles. The molecule has 120 valence electrons. The number of rotatable bonds is 3. The van der Waals surface area contributed by atoms with Gasteiger partial charge < -0.3 is 9.47 Å². The Labute approximate surface area is 134 Å². The van der Waals surface area contributed by atoms with Crippen LogP contribution in [0.1, 0.15) is 55.4 Å². The summed E-state index contributed by atoms with van der Waals surface area (Å²) >= 11 is 0. The van der Waals surface area contributed by atoms with Crippen molar-refractivity contribution in [2.75, 3.05) is 0 Å². The number of amides is 1. The Bertz CT molecular complexity index is 753. The van der Waals surface area contributed by atoms with Gasteiger partial charge in [0.05, 0.1) is 6.54 Å². The first-order valence-corrected chi connectivity index (χ1v) is 8.10. The standard InChI is InChI=1S/C17H19FN4O/c1-11-17(23)21(9-12-4-2-7-14(18)8-12)10-15-19-20-16(22(11)15)13-5-3-6-13/h2,4,7-8,11,13H,3,5-6,9-10H2,1H3/t11-/m0/s1. The second-order valence-electron chi connectivity index (χ2n) is 6.47. The van der Waals surface area contributed by atoms with Crippen LogP contribution >= 0.6 is 0 Å². The van der Waals surface area contributed by atoms with Crippen LogP contribution in [0.5, 0.6) is 0 Å². The lowest BCUT2D eigenvalue weighted by atomic mass is 9.84. The summed E-state index contributed by atoms with van der Waals surface area (Å²) in [6.45, 7) is 2.72. The van der Waals surface area contributed by atoms with E-state index >= 15 is 0 Å². The Hall–Kier alpha value is -2.24. The van der Waals surface area contributed by atoms with E-state index in [0.29, 0.717) is 19.0 Å². The molecule has 0 N–H and O–H groups in total. The lowest BCUT2D eigenvalue weighted by molar-refractivity contribution is -0.137. The maximum Gasteiger partial charge on any atom is 0.246 e. The summed E-state index contributed by atoms with van der Waals surface area (Å²) < 4.78 is 15.4. The van der Waals surface area contributed by atoms with E-state index in [1.807, 2.05) is 17.6 Å². The Balaban J connectivity index is 1.60. The van der Waals surface area contributed by atoms with E-state index in [2.05, 4.69) is 10.2 Å². The lowest BCUT2D eigenvalue weighted by Gasteiger charge is -2.34. The van der Waals surface area contributed by atoms with E-state index in [0.717, 1.165) is 30.1 Å². The third-order valence-electron chi connectivity index (χ3n) is 4.91. The number of carbonyl (C=O) groups is 1. The molecule has 1 aliphatic heterocycles. The predicted molar refractivity (Wildman–Crippen MR) is 82.0 cm³/mol. The quantitative estimate of drug-likeness (QED) is 0.875. The van der Waals surface area contributed by atoms with Crippen LogP contribution in [0.25, 0.3) is 0 Å². The number of nitrogens with zero attached hydrogens (tertiary/aromatic N) is 4. The zero-order valence-corrected chi connectivity index (χ0v) is 13.1. The van der Waals surface area contributed by atoms with Gasteiger partial charge in [0.15, 0.2) is 5.82 Å². The molecule has 1 aliphatic carbocycles. The second-order valence-corrected chi connectivity index (χ2v) is 6.47. The third-order valence-corrected chi connectivity index (χ3v) is 4.91. The number of hydrogen-bond acceptors (Lipinski definition) is 3. The molecule has 5 nitrogen and oxygen atoms in total. The van der Waals surface area contributed by atoms with Crippen molar-refractivity contribution in [3.63, 3.8) is 0 Å². The summed E-state index contributed by atoms with van der Waals surface area (Å²) in [5.74, 6) is 1.99. The highest BCUT2D eigenvalue weighted by molar-refractivity contribution is 5.81. The molecule has 0 saturated heterocycles. The van der Waals surface area contributed by atoms with Gasteiger partial charge in [-0.15, -0.1) is 10.2 Å². The molecule has 0 radical (unpaired) electrons. The van der Waals surface area contributed by atoms with E-state index < -0.39 is 0 Å². The summed E-state index contributed by atoms with van der Waals surface area (Å²) in [5, 5.41) is 8.63. The molecule has 1 saturated carbocycles. The fraction of sp³-hybridized carbons (Fsp3) is 0.471. The predicted octanol–water partition coefficient (Wildman–Crippen LogP) is 2.79. The van der Waals surface area contributed by atoms with E-state index in [1.165, 1.54) is 18.6 Å². The summed E-state index contributed by atoms with van der Waals surface area (Å²) in [7, 11) is 0. The van der Waals surface area contributed by atoms with E-state index in [9.17, 15) is 9.18 Å². The number of carbonyl (C=O) groups excluding carboxylic acids is 1. The minimum absolute atomic E-state index is 0.0436. The van der Waals surface area contributed by atoms with Gasteiger partial charge in [0.2, 0.25) is 5.91 Å². The van der Waals surface area contributed by atoms with Crippen LogP contribution < -0.4 is 0 Å². The van der Waals surface area contributed by atoms with Crippen molar-refractivity contribution in [2.45, 2.75) is 51.2 Å². The first-order valence-electron chi connectivity index (χ1n) is 8.10. The second kappa shape index (κ2) is 5.44. The lowest BCUT2D eigenvalue weighted by Crippen LogP contribution is -2.42. The van der Waals surface area contributed by atoms with Crippen molar-refractivity contribution in [3.05, 3.63) is 47.3 Å². The molecule has 1 aromatic heterocycles. The van der Waals surface area contributed by atoms with Gasteiger partial charge in [-0.1, -0.05) is 18.6 Å². The van der Waals surface area contributed by atoms with Crippen molar-refractivity contribution < 1.29 is 9.18 Å². The average Bonchev–Trinajstić information content (AvgIpc) is 2.86. The van der Waals surface area contributed by atoms with Gasteiger partial charge in [-0.05, 0) is 37.5 Å². The zero-order valence-electron chi connectivity index (χ0n) is 13.1. The molecule has 23 heavy (non-hydrogen) atoms. The van der Waals surface area contributed by atoms with Gasteiger partial charge in [-0.2, -0.15) is 0 Å². The van der Waals surface area contributed by atoms with Gasteiger partial charge in [0.25, 0.3) is 0 Å². The Morgan fingerprint density at radius 2 is 2.13 bits per heavy atom. The van der Waals surface area contributed by atoms with Crippen LogP contribution in [0.3, 0.4) is 0 Å². The van der Waals surface area contributed by atoms with Crippen molar-refractivity contribution in [3.8, 4) is 0 Å². The van der Waals surface area contributed by atoms with Gasteiger partial charge in [0, 0.05) is 12.5 Å². The molecular weight excluding hydrogens is 295 g/mol. The van der Waals surface area contributed by atoms with E-state index in [4.69, 9.17) is 0 Å². The first kappa shape index (κ1) is 14.4. The summed E-state index contributed by atoms with van der Waals surface area (Å²) in [4.78, 5) is 14.4. The van der Waals surface area contributed by atoms with Gasteiger partial charge in [-0.25, -0.2) is 4.39 Å². The molecule has 2 aliphatic rings. The Morgan fingerprint density at radius 1 is 1.30 bits per heavy atom. The number of aromatic nitrogens is 3. The van der Waals surface area contributed by atoms with Gasteiger partial charge in [-0.3, -0.25) is 4.79 Å². The smallest absolute Gasteiger partial charge is 0.246 e. The SMILES string of the molecule is C[C@H]1C(=O)N(Cc2cccc(F)c2)Cc2nnc(C3CCC3)n21. The molecule has 0 bridgehead atoms. The molecule has 4 rings (SSSR count). The van der Waals surface area contributed by atoms with Crippen LogP contribution in [-0.4, -0.2) is 25.6 Å². The highest BCUT2D eigenvalue weighted by Crippen LogP contribution is 2.38. The molecule has 1 atom stereocenters. The van der Waals surface area contributed by atoms with Crippen molar-refractivity contribution in [1.29, 1.82) is 0 Å². The Morgan fingerprint density at radius 3 is 2.83 bits per heavy atom. The summed E-state index contributed by atoms with van der Waals surface area (Å²) in [6.07, 6.45) is 3.49. The molecular formula is C17H19FN4O. The van der Waals surface area contributed by atoms with Crippen LogP contribution in [0.2, 0.25) is 0 Å². The molecule has 1 fully saturated rings. The monoisotopic (exact) mass is 314 g/mol. The molecule has 0 unspecified atom stereocenters. The minimum atomic E-state index is -0.294. The van der Waals surface area contributed by atoms with Crippen LogP contribution in [-0.2, 0) is 17.9 Å². The number of halogens is 1. The van der Waals surface area contributed by atoms with Crippen LogP contribution in [0.4, 0.5) is 4.39 Å². The van der Waals surface area contributed by atoms with Crippen LogP contribution in [0, 0.1) is 5.82 Å². The molecule has 2 aromatic rings. The topological polar surface area (TPSA) is 51.0 Å². The van der Waals surface area contributed by atoms with E-state index in [-0.39, 0.29) is 17.8 Å². The fourth-order valence-electron chi connectivity index (χ4n) is 3.42. The largest absolute Gasteiger partial charge is 0.329 e. The fourth-order valence-corrected chi connectivity index (χ4v) is 3.42. The maximum atomic E-state index is 13.3. The summed E-state index contributed by atoms with van der Waals surface area (Å²) in [6, 6.07) is 6.08. The Kier molecular flexibility index (Phi) is 3.39. The molecule has 2 heterocycles. The third kappa shape index (κ3) is 2.42. The van der Waals surface area contributed by atoms with E-state index in [1.54, 1.807) is 11.0 Å². The number of fused-ring (bicyclic) bond motifs is 1. The first-order chi connectivity index (χ1) is 11.1. The molecule has 0 spiro atoms. The summed E-state index contributed by atoms with van der Waals surface area (Å²) in [5.41, 5.74) is 0.790. The van der Waals surface area contributed by atoms with Crippen molar-refractivity contribution >= 4 is 5.91 Å². The number of hydrogen-bond donors (Lipinski definition) is 0.